The minimum atomic E-state index is -3.15. The lowest BCUT2D eigenvalue weighted by atomic mass is 9.93. The third-order valence-corrected chi connectivity index (χ3v) is 3.77. The number of nitroso groups, excluding NO2 is 1. The van der Waals surface area contributed by atoms with Gasteiger partial charge in [0.25, 0.3) is 0 Å². The lowest BCUT2D eigenvalue weighted by Gasteiger charge is -2.28. The molecule has 11 heavy (non-hydrogen) atoms. The molecule has 0 heterocycles. The molecule has 0 aromatic rings. The van der Waals surface area contributed by atoms with E-state index in [0.29, 0.717) is 12.8 Å². The van der Waals surface area contributed by atoms with Crippen LogP contribution in [0, 0.1) is 4.91 Å². The summed E-state index contributed by atoms with van der Waals surface area (Å²) in [6.45, 7) is 0. The molecule has 1 rings (SSSR count). The van der Waals surface area contributed by atoms with Crippen LogP contribution in [0.25, 0.3) is 0 Å². The zero-order valence-electron chi connectivity index (χ0n) is 6.15. The van der Waals surface area contributed by atoms with E-state index in [4.69, 9.17) is 0 Å². The van der Waals surface area contributed by atoms with Crippen molar-refractivity contribution in [3.05, 3.63) is 4.91 Å². The van der Waals surface area contributed by atoms with Gasteiger partial charge in [0.1, 0.15) is 0 Å². The van der Waals surface area contributed by atoms with Gasteiger partial charge in [0.15, 0.2) is 0 Å². The molecule has 0 saturated heterocycles. The van der Waals surface area contributed by atoms with Crippen molar-refractivity contribution in [1.82, 2.24) is 4.72 Å². The third-order valence-electron chi connectivity index (χ3n) is 1.94. The average Bonchev–Trinajstić information content (AvgIpc) is 1.85. The second-order valence-corrected chi connectivity index (χ2v) is 4.77. The zero-order chi connectivity index (χ0) is 8.48. The topological polar surface area (TPSA) is 75.6 Å². The summed E-state index contributed by atoms with van der Waals surface area (Å²) in [6, 6.07) is -0.289. The van der Waals surface area contributed by atoms with Gasteiger partial charge in [-0.25, -0.2) is 13.1 Å². The number of sulfonamides is 1. The van der Waals surface area contributed by atoms with Crippen molar-refractivity contribution in [2.24, 2.45) is 5.18 Å². The Bertz CT molecular complexity index is 242. The molecule has 0 aliphatic heterocycles. The van der Waals surface area contributed by atoms with Gasteiger partial charge < -0.3 is 0 Å². The Morgan fingerprint density at radius 3 is 2.36 bits per heavy atom. The van der Waals surface area contributed by atoms with Gasteiger partial charge in [-0.05, 0) is 19.9 Å². The van der Waals surface area contributed by atoms with Crippen molar-refractivity contribution in [1.29, 1.82) is 0 Å². The molecule has 0 unspecified atom stereocenters. The normalized spacial score (nSPS) is 31.0. The molecular weight excluding hydrogens is 168 g/mol. The maximum absolute atomic E-state index is 11.0. The quantitative estimate of drug-likeness (QED) is 0.610. The third kappa shape index (κ3) is 1.57. The van der Waals surface area contributed by atoms with Crippen LogP contribution in [0.3, 0.4) is 0 Å². The van der Waals surface area contributed by atoms with Crippen LogP contribution in [-0.4, -0.2) is 26.8 Å². The van der Waals surface area contributed by atoms with Crippen LogP contribution in [0.2, 0.25) is 0 Å². The van der Waals surface area contributed by atoms with Crippen molar-refractivity contribution >= 4 is 10.0 Å². The molecule has 1 saturated carbocycles. The number of rotatable bonds is 3. The Hall–Kier alpha value is -0.490. The first kappa shape index (κ1) is 8.61. The highest BCUT2D eigenvalue weighted by molar-refractivity contribution is 7.90. The molecule has 1 fully saturated rings. The summed E-state index contributed by atoms with van der Waals surface area (Å²) >= 11 is 0. The van der Waals surface area contributed by atoms with Crippen LogP contribution in [0.15, 0.2) is 5.18 Å². The fraction of sp³-hybridized carbons (Fsp3) is 1.00. The Morgan fingerprint density at radius 2 is 2.00 bits per heavy atom. The molecular formula is C5H10N2O3S. The van der Waals surface area contributed by atoms with Gasteiger partial charge in [0.05, 0.1) is 11.3 Å². The minimum Gasteiger partial charge on any atom is -0.218 e. The van der Waals surface area contributed by atoms with Crippen LogP contribution in [0.5, 0.6) is 0 Å². The predicted molar refractivity (Wildman–Crippen MR) is 40.6 cm³/mol. The molecule has 64 valence electrons. The molecule has 0 radical (unpaired) electrons. The van der Waals surface area contributed by atoms with Crippen LogP contribution in [0.4, 0.5) is 0 Å². The molecule has 1 aliphatic carbocycles. The predicted octanol–water partition coefficient (Wildman–Crippen LogP) is -0.167. The first-order chi connectivity index (χ1) is 5.10. The molecule has 0 atom stereocenters. The number of hydrogen-bond acceptors (Lipinski definition) is 4. The highest BCUT2D eigenvalue weighted by Crippen LogP contribution is 2.28. The molecule has 0 spiro atoms. The van der Waals surface area contributed by atoms with Gasteiger partial charge in [0, 0.05) is 0 Å². The molecule has 1 aliphatic rings. The first-order valence-electron chi connectivity index (χ1n) is 3.35. The minimum absolute atomic E-state index is 0.289. The maximum Gasteiger partial charge on any atom is 0.214 e. The molecule has 1 N–H and O–H groups in total. The molecule has 0 aromatic carbocycles. The van der Waals surface area contributed by atoms with E-state index in [1.165, 1.54) is 7.05 Å². The van der Waals surface area contributed by atoms with Crippen molar-refractivity contribution in [3.63, 3.8) is 0 Å². The Kier molecular flexibility index (Phi) is 2.24. The molecule has 0 bridgehead atoms. The van der Waals surface area contributed by atoms with E-state index in [1.54, 1.807) is 0 Å². The zero-order valence-corrected chi connectivity index (χ0v) is 6.97. The summed E-state index contributed by atoms with van der Waals surface area (Å²) in [5.74, 6) is 0. The van der Waals surface area contributed by atoms with Crippen LogP contribution in [-0.2, 0) is 10.0 Å². The summed E-state index contributed by atoms with van der Waals surface area (Å²) in [5, 5.41) is 2.34. The van der Waals surface area contributed by atoms with E-state index in [0.717, 1.165) is 0 Å². The molecule has 0 aromatic heterocycles. The highest BCUT2D eigenvalue weighted by Gasteiger charge is 2.38. The van der Waals surface area contributed by atoms with E-state index >= 15 is 0 Å². The van der Waals surface area contributed by atoms with E-state index < -0.39 is 15.3 Å². The lowest BCUT2D eigenvalue weighted by Crippen LogP contribution is -2.43. The number of nitrogens with one attached hydrogen (secondary N) is 1. The molecule has 6 heteroatoms. The number of nitrogens with zero attached hydrogens (tertiary/aromatic N) is 1. The SMILES string of the molecule is CNS(=O)(=O)C1CC(N=O)C1. The first-order valence-corrected chi connectivity index (χ1v) is 4.89. The van der Waals surface area contributed by atoms with Gasteiger partial charge in [-0.2, -0.15) is 4.91 Å². The van der Waals surface area contributed by atoms with E-state index in [2.05, 4.69) is 9.90 Å². The van der Waals surface area contributed by atoms with Gasteiger partial charge in [0.2, 0.25) is 10.0 Å². The smallest absolute Gasteiger partial charge is 0.214 e. The fourth-order valence-electron chi connectivity index (χ4n) is 1.04. The Labute approximate surface area is 65.2 Å². The van der Waals surface area contributed by atoms with E-state index in [1.807, 2.05) is 0 Å². The van der Waals surface area contributed by atoms with Gasteiger partial charge in [-0.1, -0.05) is 5.18 Å². The second kappa shape index (κ2) is 2.86. The summed E-state index contributed by atoms with van der Waals surface area (Å²) in [4.78, 5) is 9.88. The van der Waals surface area contributed by atoms with Crippen molar-refractivity contribution < 1.29 is 8.42 Å². The molecule has 0 amide bonds. The van der Waals surface area contributed by atoms with Crippen LogP contribution < -0.4 is 4.72 Å². The Balaban J connectivity index is 2.50. The summed E-state index contributed by atoms with van der Waals surface area (Å²) in [5.41, 5.74) is 0. The van der Waals surface area contributed by atoms with E-state index in [9.17, 15) is 13.3 Å². The van der Waals surface area contributed by atoms with Gasteiger partial charge in [-0.3, -0.25) is 0 Å². The lowest BCUT2D eigenvalue weighted by molar-refractivity contribution is 0.406. The van der Waals surface area contributed by atoms with Crippen LogP contribution in [0.1, 0.15) is 12.8 Å². The van der Waals surface area contributed by atoms with Gasteiger partial charge >= 0.3 is 0 Å². The van der Waals surface area contributed by atoms with Crippen molar-refractivity contribution in [2.45, 2.75) is 24.1 Å². The summed E-state index contributed by atoms with van der Waals surface area (Å²) < 4.78 is 24.2. The van der Waals surface area contributed by atoms with Crippen molar-refractivity contribution in [3.8, 4) is 0 Å². The standard InChI is InChI=1S/C5H10N2O3S/c1-6-11(9,10)5-2-4(3-5)7-8/h4-6H,2-3H2,1H3. The largest absolute Gasteiger partial charge is 0.218 e. The summed E-state index contributed by atoms with van der Waals surface area (Å²) in [7, 11) is -1.78. The van der Waals surface area contributed by atoms with Crippen molar-refractivity contribution in [2.75, 3.05) is 7.05 Å². The van der Waals surface area contributed by atoms with E-state index in [-0.39, 0.29) is 6.04 Å². The summed E-state index contributed by atoms with van der Waals surface area (Å²) in [6.07, 6.45) is 0.735. The molecule has 5 nitrogen and oxygen atoms in total. The number of hydrogen-bond donors (Lipinski definition) is 1. The second-order valence-electron chi connectivity index (χ2n) is 2.60. The monoisotopic (exact) mass is 178 g/mol. The highest BCUT2D eigenvalue weighted by atomic mass is 32.2. The van der Waals surface area contributed by atoms with Gasteiger partial charge in [-0.15, -0.1) is 0 Å². The Morgan fingerprint density at radius 1 is 1.45 bits per heavy atom. The average molecular weight is 178 g/mol. The maximum atomic E-state index is 11.0. The fourth-order valence-corrected chi connectivity index (χ4v) is 2.33. The van der Waals surface area contributed by atoms with Crippen LogP contribution >= 0.6 is 0 Å².